The zero-order valence-corrected chi connectivity index (χ0v) is 10.2. The average Bonchev–Trinajstić information content (AvgIpc) is 2.66. The van der Waals surface area contributed by atoms with E-state index < -0.39 is 11.7 Å². The Balaban J connectivity index is 2.27. The van der Waals surface area contributed by atoms with Crippen LogP contribution >= 0.6 is 0 Å². The van der Waals surface area contributed by atoms with Crippen LogP contribution in [0.1, 0.15) is 31.7 Å². The molecule has 2 nitrogen and oxygen atoms in total. The first-order valence-electron chi connectivity index (χ1n) is 6.11. The quantitative estimate of drug-likeness (QED) is 0.790. The number of hydrogen-bond donors (Lipinski definition) is 2. The van der Waals surface area contributed by atoms with Gasteiger partial charge in [-0.1, -0.05) is 13.3 Å². The van der Waals surface area contributed by atoms with Gasteiger partial charge in [0, 0.05) is 17.4 Å². The number of rotatable bonds is 2. The Kier molecular flexibility index (Phi) is 3.41. The molecule has 1 aliphatic rings. The number of nitrogen functional groups attached to an aromatic ring is 1. The van der Waals surface area contributed by atoms with Gasteiger partial charge in [-0.3, -0.25) is 0 Å². The molecule has 1 aliphatic carbocycles. The molecular formula is C13H17F3N2. The summed E-state index contributed by atoms with van der Waals surface area (Å²) < 4.78 is 38.7. The standard InChI is InChI=1S/C13H17F3N2/c1-8-3-2-4-11(8)18-12-6-5-9(17)7-10(12)13(14,15)16/h5-8,11,18H,2-4,17H2,1H3. The molecule has 0 aromatic heterocycles. The molecule has 1 fully saturated rings. The molecule has 0 radical (unpaired) electrons. The fourth-order valence-corrected chi connectivity index (χ4v) is 2.48. The molecular weight excluding hydrogens is 241 g/mol. The highest BCUT2D eigenvalue weighted by Gasteiger charge is 2.35. The van der Waals surface area contributed by atoms with Crippen molar-refractivity contribution in [2.24, 2.45) is 5.92 Å². The molecule has 1 aromatic rings. The summed E-state index contributed by atoms with van der Waals surface area (Å²) >= 11 is 0. The van der Waals surface area contributed by atoms with Gasteiger partial charge in [-0.25, -0.2) is 0 Å². The lowest BCUT2D eigenvalue weighted by Crippen LogP contribution is -2.24. The van der Waals surface area contributed by atoms with Crippen molar-refractivity contribution in [1.82, 2.24) is 0 Å². The number of nitrogens with one attached hydrogen (secondary N) is 1. The Morgan fingerprint density at radius 3 is 2.56 bits per heavy atom. The summed E-state index contributed by atoms with van der Waals surface area (Å²) in [5.41, 5.74) is 5.02. The van der Waals surface area contributed by atoms with Crippen LogP contribution in [-0.4, -0.2) is 6.04 Å². The SMILES string of the molecule is CC1CCCC1Nc1ccc(N)cc1C(F)(F)F. The molecule has 18 heavy (non-hydrogen) atoms. The van der Waals surface area contributed by atoms with Crippen LogP contribution in [0, 0.1) is 5.92 Å². The highest BCUT2D eigenvalue weighted by molar-refractivity contribution is 5.59. The number of hydrogen-bond acceptors (Lipinski definition) is 2. The van der Waals surface area contributed by atoms with Crippen LogP contribution in [0.15, 0.2) is 18.2 Å². The molecule has 2 rings (SSSR count). The highest BCUT2D eigenvalue weighted by atomic mass is 19.4. The topological polar surface area (TPSA) is 38.0 Å². The van der Waals surface area contributed by atoms with E-state index in [0.29, 0.717) is 5.92 Å². The summed E-state index contributed by atoms with van der Waals surface area (Å²) in [6.07, 6.45) is -1.33. The zero-order valence-electron chi connectivity index (χ0n) is 10.2. The van der Waals surface area contributed by atoms with E-state index in [1.54, 1.807) is 0 Å². The Morgan fingerprint density at radius 2 is 2.00 bits per heavy atom. The number of benzene rings is 1. The first-order valence-corrected chi connectivity index (χ1v) is 6.11. The van der Waals surface area contributed by atoms with E-state index in [1.807, 2.05) is 0 Å². The molecule has 100 valence electrons. The van der Waals surface area contributed by atoms with Gasteiger partial charge in [0.25, 0.3) is 0 Å². The summed E-state index contributed by atoms with van der Waals surface area (Å²) in [6.45, 7) is 2.06. The van der Waals surface area contributed by atoms with Gasteiger partial charge < -0.3 is 11.1 Å². The second kappa shape index (κ2) is 4.71. The minimum atomic E-state index is -4.38. The number of nitrogens with two attached hydrogens (primary N) is 1. The van der Waals surface area contributed by atoms with Gasteiger partial charge in [0.2, 0.25) is 0 Å². The van der Waals surface area contributed by atoms with E-state index in [-0.39, 0.29) is 17.4 Å². The van der Waals surface area contributed by atoms with E-state index in [1.165, 1.54) is 12.1 Å². The second-order valence-electron chi connectivity index (χ2n) is 4.96. The third kappa shape index (κ3) is 2.71. The smallest absolute Gasteiger partial charge is 0.399 e. The highest BCUT2D eigenvalue weighted by Crippen LogP contribution is 2.38. The van der Waals surface area contributed by atoms with Crippen LogP contribution in [-0.2, 0) is 6.18 Å². The molecule has 3 N–H and O–H groups in total. The fraction of sp³-hybridized carbons (Fsp3) is 0.538. The van der Waals surface area contributed by atoms with Crippen molar-refractivity contribution in [2.45, 2.75) is 38.4 Å². The minimum Gasteiger partial charge on any atom is -0.399 e. The van der Waals surface area contributed by atoms with Gasteiger partial charge in [-0.05, 0) is 37.0 Å². The monoisotopic (exact) mass is 258 g/mol. The number of halogens is 3. The first kappa shape index (κ1) is 13.1. The molecule has 2 atom stereocenters. The Hall–Kier alpha value is -1.39. The minimum absolute atomic E-state index is 0.120. The van der Waals surface area contributed by atoms with Gasteiger partial charge in [-0.15, -0.1) is 0 Å². The van der Waals surface area contributed by atoms with Crippen LogP contribution in [0.4, 0.5) is 24.5 Å². The molecule has 2 unspecified atom stereocenters. The fourth-order valence-electron chi connectivity index (χ4n) is 2.48. The van der Waals surface area contributed by atoms with Crippen LogP contribution in [0.2, 0.25) is 0 Å². The third-order valence-electron chi connectivity index (χ3n) is 3.55. The Labute approximate surface area is 104 Å². The molecule has 0 amide bonds. The second-order valence-corrected chi connectivity index (χ2v) is 4.96. The van der Waals surface area contributed by atoms with Crippen LogP contribution < -0.4 is 11.1 Å². The molecule has 0 spiro atoms. The maximum atomic E-state index is 12.9. The van der Waals surface area contributed by atoms with Gasteiger partial charge in [0.05, 0.1) is 5.56 Å². The van der Waals surface area contributed by atoms with Crippen molar-refractivity contribution in [3.8, 4) is 0 Å². The maximum Gasteiger partial charge on any atom is 0.418 e. The van der Waals surface area contributed by atoms with Gasteiger partial charge in [-0.2, -0.15) is 13.2 Å². The van der Waals surface area contributed by atoms with Crippen LogP contribution in [0.5, 0.6) is 0 Å². The van der Waals surface area contributed by atoms with E-state index in [4.69, 9.17) is 5.73 Å². The lowest BCUT2D eigenvalue weighted by Gasteiger charge is -2.22. The maximum absolute atomic E-state index is 12.9. The van der Waals surface area contributed by atoms with E-state index in [0.717, 1.165) is 25.3 Å². The van der Waals surface area contributed by atoms with Crippen molar-refractivity contribution < 1.29 is 13.2 Å². The van der Waals surface area contributed by atoms with E-state index in [9.17, 15) is 13.2 Å². The molecule has 5 heteroatoms. The first-order chi connectivity index (χ1) is 8.38. The summed E-state index contributed by atoms with van der Waals surface area (Å²) in [4.78, 5) is 0. The molecule has 0 heterocycles. The molecule has 0 aliphatic heterocycles. The van der Waals surface area contributed by atoms with E-state index in [2.05, 4.69) is 12.2 Å². The number of anilines is 2. The Morgan fingerprint density at radius 1 is 1.28 bits per heavy atom. The van der Waals surface area contributed by atoms with Crippen molar-refractivity contribution in [2.75, 3.05) is 11.1 Å². The summed E-state index contributed by atoms with van der Waals surface area (Å²) in [6, 6.07) is 4.03. The predicted octanol–water partition coefficient (Wildman–Crippen LogP) is 3.89. The van der Waals surface area contributed by atoms with Gasteiger partial charge in [0.15, 0.2) is 0 Å². The van der Waals surface area contributed by atoms with Crippen molar-refractivity contribution in [3.05, 3.63) is 23.8 Å². The van der Waals surface area contributed by atoms with Crippen molar-refractivity contribution in [1.29, 1.82) is 0 Å². The number of alkyl halides is 3. The summed E-state index contributed by atoms with van der Waals surface area (Å²) in [5.74, 6) is 0.406. The third-order valence-corrected chi connectivity index (χ3v) is 3.55. The van der Waals surface area contributed by atoms with Crippen LogP contribution in [0.25, 0.3) is 0 Å². The average molecular weight is 258 g/mol. The summed E-state index contributed by atoms with van der Waals surface area (Å²) in [7, 11) is 0. The zero-order chi connectivity index (χ0) is 13.3. The van der Waals surface area contributed by atoms with Gasteiger partial charge in [0.1, 0.15) is 0 Å². The molecule has 0 saturated heterocycles. The van der Waals surface area contributed by atoms with Gasteiger partial charge >= 0.3 is 6.18 Å². The predicted molar refractivity (Wildman–Crippen MR) is 66.3 cm³/mol. The van der Waals surface area contributed by atoms with Crippen molar-refractivity contribution >= 4 is 11.4 Å². The lowest BCUT2D eigenvalue weighted by molar-refractivity contribution is -0.136. The van der Waals surface area contributed by atoms with E-state index >= 15 is 0 Å². The summed E-state index contributed by atoms with van der Waals surface area (Å²) in [5, 5.41) is 3.02. The molecule has 1 aromatic carbocycles. The molecule has 0 bridgehead atoms. The van der Waals surface area contributed by atoms with Crippen molar-refractivity contribution in [3.63, 3.8) is 0 Å². The Bertz CT molecular complexity index is 429. The molecule has 1 saturated carbocycles. The van der Waals surface area contributed by atoms with Crippen LogP contribution in [0.3, 0.4) is 0 Å². The normalized spacial score (nSPS) is 24.2. The lowest BCUT2D eigenvalue weighted by atomic mass is 10.0. The largest absolute Gasteiger partial charge is 0.418 e.